The summed E-state index contributed by atoms with van der Waals surface area (Å²) in [6.45, 7) is 2.34. The number of amides is 3. The van der Waals surface area contributed by atoms with E-state index in [0.29, 0.717) is 23.4 Å². The second kappa shape index (κ2) is 10.1. The van der Waals surface area contributed by atoms with E-state index in [1.165, 1.54) is 22.2 Å². The van der Waals surface area contributed by atoms with E-state index in [0.717, 1.165) is 49.4 Å². The monoisotopic (exact) mass is 518 g/mol. The van der Waals surface area contributed by atoms with Crippen LogP contribution < -0.4 is 5.32 Å². The first-order chi connectivity index (χ1) is 18.1. The average Bonchev–Trinajstić information content (AvgIpc) is 3.50. The number of nitrogens with one attached hydrogen (secondary N) is 1. The van der Waals surface area contributed by atoms with Crippen molar-refractivity contribution in [3.8, 4) is 0 Å². The number of para-hydroxylation sites is 2. The van der Waals surface area contributed by atoms with Crippen molar-refractivity contribution in [1.82, 2.24) is 25.0 Å². The fourth-order valence-corrected chi connectivity index (χ4v) is 6.22. The first kappa shape index (κ1) is 23.8. The molecule has 3 aliphatic heterocycles. The predicted octanol–water partition coefficient (Wildman–Crippen LogP) is 3.42. The Kier molecular flexibility index (Phi) is 6.50. The molecule has 37 heavy (non-hydrogen) atoms. The molecule has 2 unspecified atom stereocenters. The average molecular weight is 519 g/mol. The maximum Gasteiger partial charge on any atom is 0.325 e. The van der Waals surface area contributed by atoms with E-state index in [9.17, 15) is 9.59 Å². The van der Waals surface area contributed by atoms with Crippen LogP contribution in [0.15, 0.2) is 69.2 Å². The van der Waals surface area contributed by atoms with Crippen LogP contribution in [0.25, 0.3) is 11.1 Å². The summed E-state index contributed by atoms with van der Waals surface area (Å²) in [5, 5.41) is 3.10. The van der Waals surface area contributed by atoms with E-state index in [-0.39, 0.29) is 5.91 Å². The van der Waals surface area contributed by atoms with Gasteiger partial charge >= 0.3 is 6.03 Å². The maximum absolute atomic E-state index is 12.9. The Bertz CT molecular complexity index is 1290. The van der Waals surface area contributed by atoms with Crippen molar-refractivity contribution in [3.05, 3.63) is 60.2 Å². The molecular formula is C27H30N6O3S. The standard InChI is InChI=1S/C27H30N6O3S/c1-31-23-22(24(34)30-26(31)35)33(15-16-37-27-28-20-9-5-6-10-21(20)36-27)25(29-23)32-13-11-19(12-14-32)17-18-7-3-2-4-8-18/h2-10,19,22-23H,11-17H2,1H3,(H,30,34,35). The molecule has 2 atom stereocenters. The summed E-state index contributed by atoms with van der Waals surface area (Å²) in [5.74, 6) is 1.81. The zero-order chi connectivity index (χ0) is 25.4. The lowest BCUT2D eigenvalue weighted by molar-refractivity contribution is -0.127. The lowest BCUT2D eigenvalue weighted by atomic mass is 9.90. The number of imide groups is 1. The first-order valence-corrected chi connectivity index (χ1v) is 13.7. The van der Waals surface area contributed by atoms with Gasteiger partial charge in [0.05, 0.1) is 0 Å². The minimum absolute atomic E-state index is 0.294. The fraction of sp³-hybridized carbons (Fsp3) is 0.407. The molecule has 2 saturated heterocycles. The number of hydrogen-bond donors (Lipinski definition) is 1. The van der Waals surface area contributed by atoms with Crippen molar-refractivity contribution >= 4 is 40.8 Å². The maximum atomic E-state index is 12.9. The summed E-state index contributed by atoms with van der Waals surface area (Å²) in [7, 11) is 1.70. The van der Waals surface area contributed by atoms with E-state index in [1.807, 2.05) is 24.3 Å². The summed E-state index contributed by atoms with van der Waals surface area (Å²) < 4.78 is 5.86. The number of likely N-dealkylation sites (tertiary alicyclic amines) is 1. The van der Waals surface area contributed by atoms with Gasteiger partial charge < -0.3 is 19.1 Å². The highest BCUT2D eigenvalue weighted by atomic mass is 32.2. The van der Waals surface area contributed by atoms with Gasteiger partial charge in [-0.1, -0.05) is 54.2 Å². The van der Waals surface area contributed by atoms with Gasteiger partial charge in [-0.15, -0.1) is 0 Å². The summed E-state index contributed by atoms with van der Waals surface area (Å²) in [4.78, 5) is 40.6. The molecule has 1 aromatic heterocycles. The number of fused-ring (bicyclic) bond motifs is 2. The van der Waals surface area contributed by atoms with Crippen molar-refractivity contribution in [2.75, 3.05) is 32.4 Å². The normalized spacial score (nSPS) is 22.4. The molecule has 0 aliphatic carbocycles. The molecular weight excluding hydrogens is 488 g/mol. The smallest absolute Gasteiger partial charge is 0.325 e. The Morgan fingerprint density at radius 2 is 1.81 bits per heavy atom. The van der Waals surface area contributed by atoms with E-state index in [1.54, 1.807) is 7.05 Å². The Balaban J connectivity index is 1.15. The molecule has 10 heteroatoms. The van der Waals surface area contributed by atoms with E-state index in [2.05, 4.69) is 50.4 Å². The van der Waals surface area contributed by atoms with Gasteiger partial charge in [0, 0.05) is 32.4 Å². The Morgan fingerprint density at radius 3 is 2.59 bits per heavy atom. The summed E-state index contributed by atoms with van der Waals surface area (Å²) in [6.07, 6.45) is 2.69. The van der Waals surface area contributed by atoms with Gasteiger partial charge in [-0.3, -0.25) is 10.1 Å². The van der Waals surface area contributed by atoms with Crippen LogP contribution in [0.3, 0.4) is 0 Å². The third-order valence-corrected chi connectivity index (χ3v) is 8.24. The zero-order valence-electron chi connectivity index (χ0n) is 20.7. The second-order valence-electron chi connectivity index (χ2n) is 9.80. The van der Waals surface area contributed by atoms with Gasteiger partial charge in [0.1, 0.15) is 5.52 Å². The number of hydrogen-bond acceptors (Lipinski definition) is 8. The SMILES string of the molecule is CN1C(=O)NC(=O)C2C1N=C(N1CCC(Cc3ccccc3)CC1)N2CCSc1nc2ccccc2o1. The highest BCUT2D eigenvalue weighted by molar-refractivity contribution is 7.99. The molecule has 2 fully saturated rings. The minimum Gasteiger partial charge on any atom is -0.431 e. The highest BCUT2D eigenvalue weighted by Crippen LogP contribution is 2.30. The van der Waals surface area contributed by atoms with Crippen LogP contribution in [-0.2, 0) is 11.2 Å². The zero-order valence-corrected chi connectivity index (χ0v) is 21.6. The number of rotatable bonds is 6. The van der Waals surface area contributed by atoms with Gasteiger partial charge in [-0.05, 0) is 42.9 Å². The fourth-order valence-electron chi connectivity index (χ4n) is 5.44. The first-order valence-electron chi connectivity index (χ1n) is 12.8. The Morgan fingerprint density at radius 1 is 1.05 bits per heavy atom. The molecule has 3 aromatic rings. The van der Waals surface area contributed by atoms with E-state index >= 15 is 0 Å². The predicted molar refractivity (Wildman–Crippen MR) is 142 cm³/mol. The van der Waals surface area contributed by atoms with Crippen molar-refractivity contribution in [3.63, 3.8) is 0 Å². The molecule has 0 saturated carbocycles. The molecule has 0 spiro atoms. The molecule has 192 valence electrons. The van der Waals surface area contributed by atoms with Gasteiger partial charge in [0.15, 0.2) is 23.8 Å². The molecule has 3 amide bonds. The lowest BCUT2D eigenvalue weighted by Crippen LogP contribution is -2.64. The molecule has 2 aromatic carbocycles. The highest BCUT2D eigenvalue weighted by Gasteiger charge is 2.49. The number of thioether (sulfide) groups is 1. The van der Waals surface area contributed by atoms with Gasteiger partial charge in [-0.2, -0.15) is 0 Å². The number of nitrogens with zero attached hydrogens (tertiary/aromatic N) is 5. The van der Waals surface area contributed by atoms with Crippen molar-refractivity contribution in [2.24, 2.45) is 10.9 Å². The molecule has 0 bridgehead atoms. The number of benzene rings is 2. The number of carbonyl (C=O) groups excluding carboxylic acids is 2. The number of likely N-dealkylation sites (N-methyl/N-ethyl adjacent to an activating group) is 1. The molecule has 1 N–H and O–H groups in total. The lowest BCUT2D eigenvalue weighted by Gasteiger charge is -2.39. The minimum atomic E-state index is -0.538. The van der Waals surface area contributed by atoms with Gasteiger partial charge in [0.25, 0.3) is 11.1 Å². The number of oxazole rings is 1. The topological polar surface area (TPSA) is 94.3 Å². The molecule has 6 rings (SSSR count). The number of urea groups is 1. The van der Waals surface area contributed by atoms with Crippen LogP contribution in [0, 0.1) is 5.92 Å². The third kappa shape index (κ3) is 4.77. The molecule has 9 nitrogen and oxygen atoms in total. The summed E-state index contributed by atoms with van der Waals surface area (Å²) >= 11 is 1.52. The van der Waals surface area contributed by atoms with E-state index < -0.39 is 18.2 Å². The van der Waals surface area contributed by atoms with Crippen LogP contribution in [0.1, 0.15) is 18.4 Å². The number of aliphatic imine (C=N–C) groups is 1. The van der Waals surface area contributed by atoms with Crippen LogP contribution in [-0.4, -0.2) is 82.2 Å². The molecule has 4 heterocycles. The second-order valence-corrected chi connectivity index (χ2v) is 10.8. The van der Waals surface area contributed by atoms with Gasteiger partial charge in [0.2, 0.25) is 0 Å². The Labute approximate surface area is 219 Å². The van der Waals surface area contributed by atoms with Crippen LogP contribution in [0.4, 0.5) is 4.79 Å². The van der Waals surface area contributed by atoms with Crippen LogP contribution >= 0.6 is 11.8 Å². The number of piperidine rings is 1. The summed E-state index contributed by atoms with van der Waals surface area (Å²) in [6, 6.07) is 17.4. The van der Waals surface area contributed by atoms with Crippen molar-refractivity contribution < 1.29 is 14.0 Å². The van der Waals surface area contributed by atoms with Crippen LogP contribution in [0.2, 0.25) is 0 Å². The van der Waals surface area contributed by atoms with Crippen molar-refractivity contribution in [2.45, 2.75) is 36.7 Å². The number of carbonyl (C=O) groups is 2. The summed E-state index contributed by atoms with van der Waals surface area (Å²) in [5.41, 5.74) is 2.97. The Hall–Kier alpha value is -3.53. The quantitative estimate of drug-likeness (QED) is 0.500. The third-order valence-electron chi connectivity index (χ3n) is 7.44. The van der Waals surface area contributed by atoms with Gasteiger partial charge in [-0.25, -0.2) is 14.8 Å². The number of aromatic nitrogens is 1. The molecule has 3 aliphatic rings. The van der Waals surface area contributed by atoms with Crippen LogP contribution in [0.5, 0.6) is 0 Å². The number of guanidine groups is 1. The molecule has 0 radical (unpaired) electrons. The largest absolute Gasteiger partial charge is 0.431 e. The van der Waals surface area contributed by atoms with Crippen molar-refractivity contribution in [1.29, 1.82) is 0 Å². The van der Waals surface area contributed by atoms with E-state index in [4.69, 9.17) is 9.41 Å².